The van der Waals surface area contributed by atoms with Gasteiger partial charge >= 0.3 is 5.97 Å². The van der Waals surface area contributed by atoms with Gasteiger partial charge < -0.3 is 10.0 Å². The average molecular weight is 268 g/mol. The van der Waals surface area contributed by atoms with Gasteiger partial charge in [-0.05, 0) is 18.8 Å². The minimum absolute atomic E-state index is 0.122. The van der Waals surface area contributed by atoms with Crippen molar-refractivity contribution < 1.29 is 14.7 Å². The summed E-state index contributed by atoms with van der Waals surface area (Å²) in [6, 6.07) is 0. The van der Waals surface area contributed by atoms with E-state index in [4.69, 9.17) is 5.11 Å². The van der Waals surface area contributed by atoms with Crippen molar-refractivity contribution in [3.8, 4) is 0 Å². The normalized spacial score (nSPS) is 15.2. The van der Waals surface area contributed by atoms with Gasteiger partial charge in [0, 0.05) is 20.5 Å². The standard InChI is InChI=1S/C12H16N2O3S/c1-7(15)10-9(11(16)17)13-12(18-10)14(2)6-8-4-3-5-8/h8H,3-6H2,1-2H3,(H,16,17). The van der Waals surface area contributed by atoms with Crippen LogP contribution >= 0.6 is 11.3 Å². The largest absolute Gasteiger partial charge is 0.476 e. The fourth-order valence-corrected chi connectivity index (χ4v) is 2.92. The van der Waals surface area contributed by atoms with Gasteiger partial charge in [-0.2, -0.15) is 0 Å². The van der Waals surface area contributed by atoms with Gasteiger partial charge in [-0.3, -0.25) is 4.79 Å². The number of thiazole rings is 1. The van der Waals surface area contributed by atoms with Gasteiger partial charge in [0.05, 0.1) is 0 Å². The Morgan fingerprint density at radius 2 is 2.17 bits per heavy atom. The highest BCUT2D eigenvalue weighted by Gasteiger charge is 2.24. The van der Waals surface area contributed by atoms with Gasteiger partial charge in [-0.15, -0.1) is 0 Å². The molecule has 1 fully saturated rings. The topological polar surface area (TPSA) is 70.5 Å². The Balaban J connectivity index is 2.19. The minimum Gasteiger partial charge on any atom is -0.476 e. The number of Topliss-reactive ketones (excluding diaryl/α,β-unsaturated/α-hetero) is 1. The van der Waals surface area contributed by atoms with Crippen LogP contribution in [0, 0.1) is 5.92 Å². The number of aromatic nitrogens is 1. The third-order valence-corrected chi connectivity index (χ3v) is 4.49. The summed E-state index contributed by atoms with van der Waals surface area (Å²) in [7, 11) is 1.90. The summed E-state index contributed by atoms with van der Waals surface area (Å²) < 4.78 is 0. The number of carbonyl (C=O) groups excluding carboxylic acids is 1. The van der Waals surface area contributed by atoms with Crippen molar-refractivity contribution in [3.63, 3.8) is 0 Å². The number of rotatable bonds is 5. The molecular formula is C12H16N2O3S. The van der Waals surface area contributed by atoms with Crippen LogP contribution in [0.15, 0.2) is 0 Å². The maximum Gasteiger partial charge on any atom is 0.356 e. The van der Waals surface area contributed by atoms with E-state index in [0.29, 0.717) is 11.0 Å². The summed E-state index contributed by atoms with van der Waals surface area (Å²) in [4.78, 5) is 28.7. The Kier molecular flexibility index (Phi) is 3.65. The van der Waals surface area contributed by atoms with Crippen LogP contribution in [-0.2, 0) is 0 Å². The number of hydrogen-bond donors (Lipinski definition) is 1. The van der Waals surface area contributed by atoms with Gasteiger partial charge in [-0.25, -0.2) is 9.78 Å². The summed E-state index contributed by atoms with van der Waals surface area (Å²) in [6.45, 7) is 2.25. The van der Waals surface area contributed by atoms with E-state index in [2.05, 4.69) is 4.98 Å². The van der Waals surface area contributed by atoms with E-state index in [1.54, 1.807) is 0 Å². The third kappa shape index (κ3) is 2.53. The number of anilines is 1. The predicted molar refractivity (Wildman–Crippen MR) is 69.7 cm³/mol. The second-order valence-corrected chi connectivity index (χ2v) is 5.69. The number of nitrogens with zero attached hydrogens (tertiary/aromatic N) is 2. The fraction of sp³-hybridized carbons (Fsp3) is 0.583. The van der Waals surface area contributed by atoms with Crippen molar-refractivity contribution in [3.05, 3.63) is 10.6 Å². The molecule has 0 spiro atoms. The minimum atomic E-state index is -1.14. The lowest BCUT2D eigenvalue weighted by Crippen LogP contribution is -2.29. The first kappa shape index (κ1) is 13.0. The number of hydrogen-bond acceptors (Lipinski definition) is 5. The molecule has 0 saturated heterocycles. The number of aromatic carboxylic acids is 1. The molecule has 1 aliphatic rings. The van der Waals surface area contributed by atoms with Crippen molar-refractivity contribution >= 4 is 28.2 Å². The first-order valence-corrected chi connectivity index (χ1v) is 6.77. The zero-order valence-corrected chi connectivity index (χ0v) is 11.3. The van der Waals surface area contributed by atoms with Crippen LogP contribution in [0.2, 0.25) is 0 Å². The van der Waals surface area contributed by atoms with E-state index in [9.17, 15) is 9.59 Å². The molecule has 0 radical (unpaired) electrons. The quantitative estimate of drug-likeness (QED) is 0.830. The van der Waals surface area contributed by atoms with Crippen LogP contribution in [0.3, 0.4) is 0 Å². The zero-order chi connectivity index (χ0) is 13.3. The summed E-state index contributed by atoms with van der Waals surface area (Å²) in [6.07, 6.45) is 3.72. The summed E-state index contributed by atoms with van der Waals surface area (Å²) in [5.41, 5.74) is -0.122. The smallest absolute Gasteiger partial charge is 0.356 e. The summed E-state index contributed by atoms with van der Waals surface area (Å²) in [5.74, 6) is -0.708. The molecule has 0 atom stereocenters. The first-order chi connectivity index (χ1) is 8.49. The molecule has 0 bridgehead atoms. The fourth-order valence-electron chi connectivity index (χ4n) is 2.00. The van der Waals surface area contributed by atoms with Crippen LogP contribution in [0.1, 0.15) is 46.3 Å². The van der Waals surface area contributed by atoms with Crippen molar-refractivity contribution in [1.29, 1.82) is 0 Å². The second kappa shape index (κ2) is 5.06. The Morgan fingerprint density at radius 3 is 2.56 bits per heavy atom. The van der Waals surface area contributed by atoms with Gasteiger partial charge in [0.15, 0.2) is 16.6 Å². The van der Waals surface area contributed by atoms with Crippen molar-refractivity contribution in [2.75, 3.05) is 18.5 Å². The number of carboxylic acid groups (broad SMARTS) is 1. The Morgan fingerprint density at radius 1 is 1.50 bits per heavy atom. The zero-order valence-electron chi connectivity index (χ0n) is 10.5. The van der Waals surface area contributed by atoms with Crippen molar-refractivity contribution in [1.82, 2.24) is 4.98 Å². The van der Waals surface area contributed by atoms with E-state index >= 15 is 0 Å². The molecule has 1 N–H and O–H groups in total. The van der Waals surface area contributed by atoms with Crippen molar-refractivity contribution in [2.24, 2.45) is 5.92 Å². The van der Waals surface area contributed by atoms with Crippen molar-refractivity contribution in [2.45, 2.75) is 26.2 Å². The lowest BCUT2D eigenvalue weighted by molar-refractivity contribution is 0.0687. The van der Waals surface area contributed by atoms with Gasteiger partial charge in [0.25, 0.3) is 0 Å². The van der Waals surface area contributed by atoms with Crippen LogP contribution in [0.5, 0.6) is 0 Å². The number of carbonyl (C=O) groups is 2. The van der Waals surface area contributed by atoms with E-state index < -0.39 is 5.97 Å². The lowest BCUT2D eigenvalue weighted by Gasteiger charge is -2.29. The molecular weight excluding hydrogens is 252 g/mol. The first-order valence-electron chi connectivity index (χ1n) is 5.95. The molecule has 1 saturated carbocycles. The molecule has 1 aliphatic carbocycles. The van der Waals surface area contributed by atoms with E-state index in [-0.39, 0.29) is 16.4 Å². The number of carboxylic acids is 1. The Bertz CT molecular complexity index is 448. The summed E-state index contributed by atoms with van der Waals surface area (Å²) in [5, 5.41) is 9.64. The monoisotopic (exact) mass is 268 g/mol. The van der Waals surface area contributed by atoms with Gasteiger partial charge in [0.2, 0.25) is 0 Å². The molecule has 18 heavy (non-hydrogen) atoms. The SMILES string of the molecule is CC(=O)c1sc(N(C)CC2CCC2)nc1C(=O)O. The highest BCUT2D eigenvalue weighted by molar-refractivity contribution is 7.17. The molecule has 0 unspecified atom stereocenters. The molecule has 5 nitrogen and oxygen atoms in total. The lowest BCUT2D eigenvalue weighted by atomic mass is 9.85. The van der Waals surface area contributed by atoms with Gasteiger partial charge in [-0.1, -0.05) is 17.8 Å². The second-order valence-electron chi connectivity index (χ2n) is 4.71. The highest BCUT2D eigenvalue weighted by atomic mass is 32.1. The third-order valence-electron chi connectivity index (χ3n) is 3.22. The molecule has 0 amide bonds. The molecule has 1 heterocycles. The van der Waals surface area contributed by atoms with E-state index in [1.165, 1.54) is 37.5 Å². The molecule has 6 heteroatoms. The Labute approximate surface area is 109 Å². The molecule has 2 rings (SSSR count). The van der Waals surface area contributed by atoms with E-state index in [0.717, 1.165) is 6.54 Å². The highest BCUT2D eigenvalue weighted by Crippen LogP contribution is 2.31. The molecule has 98 valence electrons. The molecule has 1 aromatic heterocycles. The van der Waals surface area contributed by atoms with Crippen LogP contribution in [0.4, 0.5) is 5.13 Å². The summed E-state index contributed by atoms with van der Waals surface area (Å²) >= 11 is 1.17. The van der Waals surface area contributed by atoms with E-state index in [1.807, 2.05) is 11.9 Å². The Hall–Kier alpha value is -1.43. The average Bonchev–Trinajstić information content (AvgIpc) is 2.68. The van der Waals surface area contributed by atoms with Crippen LogP contribution in [-0.4, -0.2) is 35.4 Å². The van der Waals surface area contributed by atoms with Gasteiger partial charge in [0.1, 0.15) is 4.88 Å². The van der Waals surface area contributed by atoms with Crippen LogP contribution in [0.25, 0.3) is 0 Å². The molecule has 0 aliphatic heterocycles. The predicted octanol–water partition coefficient (Wildman–Crippen LogP) is 2.28. The number of ketones is 1. The van der Waals surface area contributed by atoms with Crippen LogP contribution < -0.4 is 4.90 Å². The maximum atomic E-state index is 11.4. The molecule has 1 aromatic rings. The maximum absolute atomic E-state index is 11.4. The molecule has 0 aromatic carbocycles.